The summed E-state index contributed by atoms with van der Waals surface area (Å²) in [5.41, 5.74) is 4.45. The van der Waals surface area contributed by atoms with Gasteiger partial charge in [-0.05, 0) is 69.7 Å². The van der Waals surface area contributed by atoms with E-state index in [0.717, 1.165) is 27.9 Å². The second-order valence-electron chi connectivity index (χ2n) is 7.55. The Labute approximate surface area is 171 Å². The summed E-state index contributed by atoms with van der Waals surface area (Å²) in [4.78, 5) is 17.2. The summed E-state index contributed by atoms with van der Waals surface area (Å²) in [6, 6.07) is 2.03. The van der Waals surface area contributed by atoms with Crippen molar-refractivity contribution in [2.75, 3.05) is 18.4 Å². The third-order valence-corrected chi connectivity index (χ3v) is 8.62. The third kappa shape index (κ3) is 3.99. The lowest BCUT2D eigenvalue weighted by atomic mass is 9.97. The number of anilines is 1. The highest BCUT2D eigenvalue weighted by Crippen LogP contribution is 2.31. The average molecular weight is 422 g/mol. The zero-order valence-electron chi connectivity index (χ0n) is 17.0. The van der Waals surface area contributed by atoms with Crippen LogP contribution < -0.4 is 5.32 Å². The summed E-state index contributed by atoms with van der Waals surface area (Å²) in [5.74, 6) is -0.276. The Morgan fingerprint density at radius 1 is 1.11 bits per heavy atom. The number of benzene rings is 1. The number of sulfonamides is 1. The van der Waals surface area contributed by atoms with Crippen LogP contribution in [0.2, 0.25) is 0 Å². The fraction of sp³-hybridized carbons (Fsp3) is 0.500. The van der Waals surface area contributed by atoms with Gasteiger partial charge in [0.2, 0.25) is 15.9 Å². The zero-order valence-corrected chi connectivity index (χ0v) is 18.6. The van der Waals surface area contributed by atoms with E-state index < -0.39 is 10.0 Å². The van der Waals surface area contributed by atoms with E-state index in [-0.39, 0.29) is 11.8 Å². The topological polar surface area (TPSA) is 79.4 Å². The fourth-order valence-electron chi connectivity index (χ4n) is 3.67. The maximum absolute atomic E-state index is 13.3. The van der Waals surface area contributed by atoms with Crippen molar-refractivity contribution < 1.29 is 13.2 Å². The maximum atomic E-state index is 13.3. The van der Waals surface area contributed by atoms with E-state index in [2.05, 4.69) is 10.3 Å². The molecule has 1 aromatic carbocycles. The van der Waals surface area contributed by atoms with Crippen LogP contribution in [-0.2, 0) is 14.8 Å². The van der Waals surface area contributed by atoms with Crippen molar-refractivity contribution >= 4 is 32.4 Å². The highest BCUT2D eigenvalue weighted by atomic mass is 32.2. The lowest BCUT2D eigenvalue weighted by Gasteiger charge is -2.31. The molecule has 1 saturated heterocycles. The molecule has 0 aliphatic carbocycles. The molecule has 1 aliphatic rings. The predicted molar refractivity (Wildman–Crippen MR) is 112 cm³/mol. The summed E-state index contributed by atoms with van der Waals surface area (Å²) in [6.45, 7) is 10.2. The van der Waals surface area contributed by atoms with Crippen molar-refractivity contribution in [3.63, 3.8) is 0 Å². The van der Waals surface area contributed by atoms with E-state index in [1.54, 1.807) is 0 Å². The van der Waals surface area contributed by atoms with Crippen LogP contribution in [0.15, 0.2) is 16.3 Å². The zero-order chi connectivity index (χ0) is 20.6. The van der Waals surface area contributed by atoms with Gasteiger partial charge < -0.3 is 5.32 Å². The van der Waals surface area contributed by atoms with E-state index in [1.807, 2.05) is 46.1 Å². The van der Waals surface area contributed by atoms with Gasteiger partial charge in [0.05, 0.1) is 10.6 Å². The van der Waals surface area contributed by atoms with Gasteiger partial charge in [-0.25, -0.2) is 13.4 Å². The molecule has 1 fully saturated rings. The number of carbonyl (C=O) groups excluding carboxylic acids is 1. The fourth-order valence-corrected chi connectivity index (χ4v) is 6.41. The normalized spacial score (nSPS) is 16.3. The van der Waals surface area contributed by atoms with Gasteiger partial charge in [-0.1, -0.05) is 6.07 Å². The molecule has 2 aromatic rings. The first kappa shape index (κ1) is 21.0. The highest BCUT2D eigenvalue weighted by Gasteiger charge is 2.34. The lowest BCUT2D eigenvalue weighted by Crippen LogP contribution is -2.41. The number of hydrogen-bond donors (Lipinski definition) is 1. The SMILES string of the molecule is Cc1csc(NC(=O)C2CCN(S(=O)(=O)c3c(C)c(C)cc(C)c3C)CC2)n1. The van der Waals surface area contributed by atoms with Gasteiger partial charge in [-0.15, -0.1) is 11.3 Å². The summed E-state index contributed by atoms with van der Waals surface area (Å²) < 4.78 is 28.2. The Bertz CT molecular complexity index is 978. The molecule has 1 aliphatic heterocycles. The molecule has 1 amide bonds. The molecule has 1 aromatic heterocycles. The molecular formula is C20H27N3O3S2. The molecule has 0 bridgehead atoms. The van der Waals surface area contributed by atoms with Crippen LogP contribution in [0.5, 0.6) is 0 Å². The Morgan fingerprint density at radius 2 is 1.68 bits per heavy atom. The molecule has 2 heterocycles. The van der Waals surface area contributed by atoms with Gasteiger partial charge in [0.25, 0.3) is 0 Å². The van der Waals surface area contributed by atoms with Gasteiger partial charge in [0.15, 0.2) is 5.13 Å². The Hall–Kier alpha value is -1.77. The van der Waals surface area contributed by atoms with Crippen molar-refractivity contribution in [1.29, 1.82) is 0 Å². The van der Waals surface area contributed by atoms with E-state index >= 15 is 0 Å². The molecule has 6 nitrogen and oxygen atoms in total. The Balaban J connectivity index is 1.73. The van der Waals surface area contributed by atoms with Gasteiger partial charge in [0.1, 0.15) is 0 Å². The molecule has 0 radical (unpaired) electrons. The minimum absolute atomic E-state index is 0.0786. The van der Waals surface area contributed by atoms with Crippen LogP contribution >= 0.6 is 11.3 Å². The summed E-state index contributed by atoms with van der Waals surface area (Å²) in [5, 5.41) is 5.34. The number of aromatic nitrogens is 1. The molecule has 1 N–H and O–H groups in total. The molecule has 0 saturated carbocycles. The van der Waals surface area contributed by atoms with Crippen LogP contribution in [0.25, 0.3) is 0 Å². The first-order chi connectivity index (χ1) is 13.1. The smallest absolute Gasteiger partial charge is 0.243 e. The Morgan fingerprint density at radius 3 is 2.18 bits per heavy atom. The maximum Gasteiger partial charge on any atom is 0.243 e. The minimum atomic E-state index is -3.58. The molecule has 0 atom stereocenters. The van der Waals surface area contributed by atoms with Crippen LogP contribution in [0.1, 0.15) is 40.8 Å². The van der Waals surface area contributed by atoms with Crippen molar-refractivity contribution in [3.8, 4) is 0 Å². The lowest BCUT2D eigenvalue weighted by molar-refractivity contribution is -0.120. The van der Waals surface area contributed by atoms with Crippen molar-refractivity contribution in [3.05, 3.63) is 39.4 Å². The van der Waals surface area contributed by atoms with Crippen LogP contribution in [0.3, 0.4) is 0 Å². The average Bonchev–Trinajstić information content (AvgIpc) is 3.05. The molecule has 3 rings (SSSR count). The summed E-state index contributed by atoms with van der Waals surface area (Å²) in [7, 11) is -3.58. The van der Waals surface area contributed by atoms with Crippen molar-refractivity contribution in [2.45, 2.75) is 52.4 Å². The predicted octanol–water partition coefficient (Wildman–Crippen LogP) is 3.72. The molecular weight excluding hydrogens is 394 g/mol. The van der Waals surface area contributed by atoms with Crippen molar-refractivity contribution in [2.24, 2.45) is 5.92 Å². The van der Waals surface area contributed by atoms with E-state index in [0.29, 0.717) is 36.0 Å². The van der Waals surface area contributed by atoms with Gasteiger partial charge in [-0.3, -0.25) is 4.79 Å². The minimum Gasteiger partial charge on any atom is -0.302 e. The number of aryl methyl sites for hydroxylation is 3. The Kier molecular flexibility index (Phi) is 5.93. The summed E-state index contributed by atoms with van der Waals surface area (Å²) >= 11 is 1.40. The number of nitrogens with one attached hydrogen (secondary N) is 1. The van der Waals surface area contributed by atoms with Gasteiger partial charge >= 0.3 is 0 Å². The molecule has 8 heteroatoms. The standard InChI is InChI=1S/C20H27N3O3S2/c1-12-10-13(2)16(5)18(15(12)4)28(25,26)23-8-6-17(7-9-23)19(24)22-20-21-14(3)11-27-20/h10-11,17H,6-9H2,1-5H3,(H,21,22,24). The molecule has 152 valence electrons. The number of carbonyl (C=O) groups is 1. The molecule has 28 heavy (non-hydrogen) atoms. The monoisotopic (exact) mass is 421 g/mol. The van der Waals surface area contributed by atoms with Crippen LogP contribution in [0.4, 0.5) is 5.13 Å². The van der Waals surface area contributed by atoms with Gasteiger partial charge in [-0.2, -0.15) is 4.31 Å². The number of rotatable bonds is 4. The van der Waals surface area contributed by atoms with Crippen molar-refractivity contribution in [1.82, 2.24) is 9.29 Å². The summed E-state index contributed by atoms with van der Waals surface area (Å²) in [6.07, 6.45) is 1.02. The second-order valence-corrected chi connectivity index (χ2v) is 10.3. The van der Waals surface area contributed by atoms with Gasteiger partial charge in [0, 0.05) is 24.4 Å². The van der Waals surface area contributed by atoms with Crippen LogP contribution in [0, 0.1) is 40.5 Å². The number of thiazole rings is 1. The van der Waals surface area contributed by atoms with E-state index in [4.69, 9.17) is 0 Å². The van der Waals surface area contributed by atoms with E-state index in [9.17, 15) is 13.2 Å². The first-order valence-electron chi connectivity index (χ1n) is 9.41. The van der Waals surface area contributed by atoms with E-state index in [1.165, 1.54) is 15.6 Å². The third-order valence-electron chi connectivity index (χ3n) is 5.57. The first-order valence-corrected chi connectivity index (χ1v) is 11.7. The molecule has 0 spiro atoms. The number of piperidine rings is 1. The number of nitrogens with zero attached hydrogens (tertiary/aromatic N) is 2. The molecule has 0 unspecified atom stereocenters. The largest absolute Gasteiger partial charge is 0.302 e. The second kappa shape index (κ2) is 7.93. The number of amides is 1. The number of hydrogen-bond acceptors (Lipinski definition) is 5. The van der Waals surface area contributed by atoms with Crippen LogP contribution in [-0.4, -0.2) is 36.7 Å². The highest BCUT2D eigenvalue weighted by molar-refractivity contribution is 7.89. The quantitative estimate of drug-likeness (QED) is 0.816.